The van der Waals surface area contributed by atoms with Gasteiger partial charge in [-0.2, -0.15) is 0 Å². The van der Waals surface area contributed by atoms with Gasteiger partial charge in [0.25, 0.3) is 15.7 Å². The van der Waals surface area contributed by atoms with Crippen LogP contribution < -0.4 is 4.74 Å². The molecule has 0 bridgehead atoms. The standard InChI is InChI=1S/C16H12N2O9S2/c1-26-16(21)13-14(20)15-11(6-7-28-15)29(24,25)17(13)8-12(19)27-10-4-2-9(3-5-10)18(22)23/h2-7,20H,8H2,1H3. The number of nitro groups is 1. The summed E-state index contributed by atoms with van der Waals surface area (Å²) in [5.41, 5.74) is -0.947. The lowest BCUT2D eigenvalue weighted by Crippen LogP contribution is -2.42. The molecule has 0 saturated heterocycles. The van der Waals surface area contributed by atoms with Gasteiger partial charge in [-0.15, -0.1) is 11.3 Å². The number of esters is 2. The van der Waals surface area contributed by atoms with Crippen molar-refractivity contribution in [1.29, 1.82) is 0 Å². The van der Waals surface area contributed by atoms with Gasteiger partial charge in [-0.05, 0) is 23.6 Å². The van der Waals surface area contributed by atoms with Gasteiger partial charge in [0.2, 0.25) is 0 Å². The molecule has 1 N–H and O–H groups in total. The zero-order valence-corrected chi connectivity index (χ0v) is 16.2. The number of rotatable bonds is 5. The fraction of sp³-hybridized carbons (Fsp3) is 0.125. The van der Waals surface area contributed by atoms with Crippen molar-refractivity contribution >= 4 is 44.7 Å². The van der Waals surface area contributed by atoms with Crippen LogP contribution in [-0.2, 0) is 24.3 Å². The second-order valence-corrected chi connectivity index (χ2v) is 8.29. The SMILES string of the molecule is COC(=O)C1=C(O)c2sccc2S(=O)(=O)N1CC(=O)Oc1ccc([N+](=O)[O-])cc1. The average Bonchev–Trinajstić information content (AvgIpc) is 3.17. The van der Waals surface area contributed by atoms with Crippen LogP contribution in [-0.4, -0.2) is 48.3 Å². The van der Waals surface area contributed by atoms with E-state index in [9.17, 15) is 33.2 Å². The fourth-order valence-electron chi connectivity index (χ4n) is 2.51. The maximum Gasteiger partial charge on any atom is 0.359 e. The number of ether oxygens (including phenoxy) is 2. The number of carbonyl (C=O) groups is 2. The number of nitrogens with zero attached hydrogens (tertiary/aromatic N) is 2. The summed E-state index contributed by atoms with van der Waals surface area (Å²) < 4.78 is 35.6. The van der Waals surface area contributed by atoms with Crippen LogP contribution in [0.4, 0.5) is 5.69 Å². The molecule has 11 nitrogen and oxygen atoms in total. The Morgan fingerprint density at radius 2 is 1.90 bits per heavy atom. The lowest BCUT2D eigenvalue weighted by atomic mass is 10.3. The summed E-state index contributed by atoms with van der Waals surface area (Å²) in [5, 5.41) is 22.4. The molecule has 0 radical (unpaired) electrons. The summed E-state index contributed by atoms with van der Waals surface area (Å²) in [7, 11) is -3.35. The number of benzene rings is 1. The third-order valence-corrected chi connectivity index (χ3v) is 6.65. The first-order valence-corrected chi connectivity index (χ1v) is 10.1. The predicted octanol–water partition coefficient (Wildman–Crippen LogP) is 1.67. The molecule has 13 heteroatoms. The van der Waals surface area contributed by atoms with Crippen LogP contribution in [0.5, 0.6) is 5.75 Å². The van der Waals surface area contributed by atoms with Crippen molar-refractivity contribution in [1.82, 2.24) is 4.31 Å². The Balaban J connectivity index is 1.91. The van der Waals surface area contributed by atoms with Crippen molar-refractivity contribution in [2.24, 2.45) is 0 Å². The van der Waals surface area contributed by atoms with Crippen molar-refractivity contribution in [2.75, 3.05) is 13.7 Å². The minimum atomic E-state index is -4.35. The molecule has 2 aromatic rings. The lowest BCUT2D eigenvalue weighted by molar-refractivity contribution is -0.384. The van der Waals surface area contributed by atoms with E-state index in [0.29, 0.717) is 4.31 Å². The Morgan fingerprint density at radius 1 is 1.24 bits per heavy atom. The molecule has 3 rings (SSSR count). The highest BCUT2D eigenvalue weighted by Crippen LogP contribution is 2.39. The van der Waals surface area contributed by atoms with Crippen LogP contribution in [0.2, 0.25) is 0 Å². The normalized spacial score (nSPS) is 14.9. The number of aliphatic hydroxyl groups excluding tert-OH is 1. The Morgan fingerprint density at radius 3 is 2.48 bits per heavy atom. The van der Waals surface area contributed by atoms with Gasteiger partial charge < -0.3 is 14.6 Å². The van der Waals surface area contributed by atoms with E-state index in [1.165, 1.54) is 11.4 Å². The molecule has 1 aliphatic rings. The number of non-ortho nitro benzene ring substituents is 1. The van der Waals surface area contributed by atoms with Gasteiger partial charge in [-0.25, -0.2) is 22.3 Å². The molecular formula is C16H12N2O9S2. The second kappa shape index (κ2) is 7.52. The van der Waals surface area contributed by atoms with Crippen molar-refractivity contribution in [3.05, 3.63) is 56.4 Å². The van der Waals surface area contributed by atoms with E-state index in [0.717, 1.165) is 42.7 Å². The smallest absolute Gasteiger partial charge is 0.359 e. The molecule has 0 fully saturated rings. The molecule has 0 saturated carbocycles. The lowest BCUT2D eigenvalue weighted by Gasteiger charge is -2.28. The van der Waals surface area contributed by atoms with Gasteiger partial charge in [0.1, 0.15) is 17.2 Å². The third-order valence-electron chi connectivity index (χ3n) is 3.82. The molecule has 0 amide bonds. The van der Waals surface area contributed by atoms with Crippen LogP contribution in [0.15, 0.2) is 46.3 Å². The topological polar surface area (TPSA) is 153 Å². The van der Waals surface area contributed by atoms with E-state index < -0.39 is 44.9 Å². The van der Waals surface area contributed by atoms with E-state index in [4.69, 9.17) is 4.74 Å². The van der Waals surface area contributed by atoms with Crippen molar-refractivity contribution in [3.8, 4) is 5.75 Å². The fourth-order valence-corrected chi connectivity index (χ4v) is 5.28. The van der Waals surface area contributed by atoms with Crippen LogP contribution in [0.1, 0.15) is 4.88 Å². The number of hydrogen-bond donors (Lipinski definition) is 1. The molecule has 0 spiro atoms. The predicted molar refractivity (Wildman–Crippen MR) is 98.5 cm³/mol. The first-order chi connectivity index (χ1) is 13.7. The molecular weight excluding hydrogens is 428 g/mol. The van der Waals surface area contributed by atoms with E-state index in [2.05, 4.69) is 4.74 Å². The molecule has 0 unspecified atom stereocenters. The molecule has 2 heterocycles. The highest BCUT2D eigenvalue weighted by Gasteiger charge is 2.42. The number of sulfonamides is 1. The molecule has 1 aromatic heterocycles. The monoisotopic (exact) mass is 440 g/mol. The Kier molecular flexibility index (Phi) is 5.26. The Labute approximate surface area is 167 Å². The molecule has 152 valence electrons. The average molecular weight is 440 g/mol. The molecule has 29 heavy (non-hydrogen) atoms. The quantitative estimate of drug-likeness (QED) is 0.316. The zero-order valence-electron chi connectivity index (χ0n) is 14.6. The van der Waals surface area contributed by atoms with Gasteiger partial charge in [0.15, 0.2) is 11.5 Å². The van der Waals surface area contributed by atoms with E-state index >= 15 is 0 Å². The molecule has 0 atom stereocenters. The molecule has 1 aliphatic heterocycles. The molecule has 0 aliphatic carbocycles. The van der Waals surface area contributed by atoms with E-state index in [1.54, 1.807) is 0 Å². The van der Waals surface area contributed by atoms with E-state index in [-0.39, 0.29) is 21.2 Å². The minimum absolute atomic E-state index is 0.0506. The number of nitro benzene ring substituents is 1. The Bertz CT molecular complexity index is 1130. The number of fused-ring (bicyclic) bond motifs is 1. The van der Waals surface area contributed by atoms with Gasteiger partial charge in [-0.3, -0.25) is 10.1 Å². The summed E-state index contributed by atoms with van der Waals surface area (Å²) in [6, 6.07) is 5.75. The summed E-state index contributed by atoms with van der Waals surface area (Å²) >= 11 is 0.902. The zero-order chi connectivity index (χ0) is 21.3. The van der Waals surface area contributed by atoms with Gasteiger partial charge in [-0.1, -0.05) is 0 Å². The van der Waals surface area contributed by atoms with Crippen LogP contribution >= 0.6 is 11.3 Å². The van der Waals surface area contributed by atoms with Gasteiger partial charge in [0, 0.05) is 12.1 Å². The van der Waals surface area contributed by atoms with Crippen molar-refractivity contribution < 1.29 is 37.5 Å². The highest BCUT2D eigenvalue weighted by atomic mass is 32.2. The minimum Gasteiger partial charge on any atom is -0.504 e. The van der Waals surface area contributed by atoms with Crippen LogP contribution in [0.3, 0.4) is 0 Å². The maximum absolute atomic E-state index is 12.8. The first-order valence-electron chi connectivity index (χ1n) is 7.74. The summed E-state index contributed by atoms with van der Waals surface area (Å²) in [4.78, 5) is 34.1. The molecule has 1 aromatic carbocycles. The number of carbonyl (C=O) groups excluding carboxylic acids is 2. The van der Waals surface area contributed by atoms with Crippen LogP contribution in [0, 0.1) is 10.1 Å². The first kappa shape index (κ1) is 20.3. The van der Waals surface area contributed by atoms with Crippen molar-refractivity contribution in [2.45, 2.75) is 4.90 Å². The number of hydrogen-bond acceptors (Lipinski definition) is 10. The third kappa shape index (κ3) is 3.64. The van der Waals surface area contributed by atoms with Crippen molar-refractivity contribution in [3.63, 3.8) is 0 Å². The highest BCUT2D eigenvalue weighted by molar-refractivity contribution is 7.89. The summed E-state index contributed by atoms with van der Waals surface area (Å²) in [6.07, 6.45) is 0. The number of thiophene rings is 1. The number of aliphatic hydroxyl groups is 1. The van der Waals surface area contributed by atoms with Gasteiger partial charge in [0.05, 0.1) is 16.9 Å². The van der Waals surface area contributed by atoms with Crippen LogP contribution in [0.25, 0.3) is 5.76 Å². The second-order valence-electron chi connectivity index (χ2n) is 5.54. The Hall–Kier alpha value is -3.45. The summed E-state index contributed by atoms with van der Waals surface area (Å²) in [5.74, 6) is -2.96. The van der Waals surface area contributed by atoms with Gasteiger partial charge >= 0.3 is 11.9 Å². The largest absolute Gasteiger partial charge is 0.504 e. The summed E-state index contributed by atoms with van der Waals surface area (Å²) in [6.45, 7) is -0.941. The number of methoxy groups -OCH3 is 1. The van der Waals surface area contributed by atoms with E-state index in [1.807, 2.05) is 0 Å². The maximum atomic E-state index is 12.8.